The van der Waals surface area contributed by atoms with Gasteiger partial charge in [-0.3, -0.25) is 24.7 Å². The average molecular weight is 425 g/mol. The van der Waals surface area contributed by atoms with Gasteiger partial charge in [-0.05, 0) is 38.4 Å². The number of hydrogen-bond donors (Lipinski definition) is 1. The summed E-state index contributed by atoms with van der Waals surface area (Å²) in [4.78, 5) is 28.1. The average Bonchev–Trinajstić information content (AvgIpc) is 3.25. The zero-order chi connectivity index (χ0) is 22.4. The first-order valence-electron chi connectivity index (χ1n) is 11.0. The zero-order valence-corrected chi connectivity index (χ0v) is 18.6. The van der Waals surface area contributed by atoms with Gasteiger partial charge in [-0.15, -0.1) is 0 Å². The molecule has 1 aliphatic heterocycles. The molecule has 1 amide bonds. The fraction of sp³-hybridized carbons (Fsp3) is 0.458. The van der Waals surface area contributed by atoms with Crippen LogP contribution in [-0.2, 0) is 4.79 Å². The highest BCUT2D eigenvalue weighted by Gasteiger charge is 2.30. The minimum atomic E-state index is -0.425. The van der Waals surface area contributed by atoms with Gasteiger partial charge in [0.25, 0.3) is 5.69 Å². The van der Waals surface area contributed by atoms with Crippen LogP contribution in [0, 0.1) is 17.0 Å². The van der Waals surface area contributed by atoms with Crippen molar-refractivity contribution in [3.8, 4) is 0 Å². The van der Waals surface area contributed by atoms with Crippen molar-refractivity contribution in [2.45, 2.75) is 45.7 Å². The van der Waals surface area contributed by atoms with Crippen LogP contribution >= 0.6 is 0 Å². The highest BCUT2D eigenvalue weighted by Crippen LogP contribution is 2.27. The molecule has 3 rings (SSSR count). The molecule has 1 fully saturated rings. The van der Waals surface area contributed by atoms with Gasteiger partial charge in [0.1, 0.15) is 0 Å². The third-order valence-corrected chi connectivity index (χ3v) is 6.35. The van der Waals surface area contributed by atoms with Crippen LogP contribution in [0.1, 0.15) is 43.9 Å². The van der Waals surface area contributed by atoms with Gasteiger partial charge in [0.05, 0.1) is 16.2 Å². The first-order chi connectivity index (χ1) is 14.9. The number of nitro groups is 1. The summed E-state index contributed by atoms with van der Waals surface area (Å²) in [5.74, 6) is -0.116. The van der Waals surface area contributed by atoms with Crippen molar-refractivity contribution in [1.82, 2.24) is 9.80 Å². The zero-order valence-electron chi connectivity index (χ0n) is 18.6. The summed E-state index contributed by atoms with van der Waals surface area (Å²) < 4.78 is 0. The number of nitro benzene ring substituents is 1. The maximum atomic E-state index is 12.5. The van der Waals surface area contributed by atoms with E-state index in [-0.39, 0.29) is 11.6 Å². The number of nitrogens with one attached hydrogen (secondary N) is 1. The maximum Gasteiger partial charge on any atom is 0.274 e. The van der Waals surface area contributed by atoms with Crippen LogP contribution in [0.25, 0.3) is 0 Å². The van der Waals surface area contributed by atoms with Crippen molar-refractivity contribution in [1.29, 1.82) is 0 Å². The standard InChI is InChI=1S/C24H32N4O3/c1-4-26(21-13-15-27(17-21)19(3)20-9-6-5-7-10-20)16-14-24(29)25-22-11-8-12-23(18(22)2)28(30)31/h5-12,19,21H,4,13-17H2,1-3H3,(H,25,29). The number of nitrogens with zero attached hydrogens (tertiary/aromatic N) is 3. The Labute approximate surface area is 184 Å². The predicted molar refractivity (Wildman–Crippen MR) is 123 cm³/mol. The molecule has 31 heavy (non-hydrogen) atoms. The molecule has 0 aliphatic carbocycles. The second-order valence-electron chi connectivity index (χ2n) is 8.16. The summed E-state index contributed by atoms with van der Waals surface area (Å²) in [5.41, 5.74) is 2.34. The molecule has 7 nitrogen and oxygen atoms in total. The van der Waals surface area contributed by atoms with Crippen LogP contribution in [0.2, 0.25) is 0 Å². The van der Waals surface area contributed by atoms with E-state index in [1.165, 1.54) is 11.6 Å². The van der Waals surface area contributed by atoms with Gasteiger partial charge >= 0.3 is 0 Å². The monoisotopic (exact) mass is 424 g/mol. The Kier molecular flexibility index (Phi) is 7.76. The van der Waals surface area contributed by atoms with E-state index in [4.69, 9.17) is 0 Å². The normalized spacial score (nSPS) is 17.6. The van der Waals surface area contributed by atoms with Crippen molar-refractivity contribution in [3.05, 3.63) is 69.8 Å². The molecular formula is C24H32N4O3. The largest absolute Gasteiger partial charge is 0.326 e. The molecule has 2 aromatic rings. The quantitative estimate of drug-likeness (QED) is 0.477. The second kappa shape index (κ2) is 10.5. The van der Waals surface area contributed by atoms with Gasteiger partial charge in [-0.1, -0.05) is 43.3 Å². The van der Waals surface area contributed by atoms with Crippen LogP contribution < -0.4 is 5.32 Å². The topological polar surface area (TPSA) is 78.7 Å². The minimum Gasteiger partial charge on any atom is -0.326 e. The highest BCUT2D eigenvalue weighted by molar-refractivity contribution is 5.92. The molecule has 0 saturated carbocycles. The fourth-order valence-corrected chi connectivity index (χ4v) is 4.37. The Morgan fingerprint density at radius 2 is 2.00 bits per heavy atom. The van der Waals surface area contributed by atoms with Crippen molar-refractivity contribution >= 4 is 17.3 Å². The van der Waals surface area contributed by atoms with Crippen LogP contribution in [0.5, 0.6) is 0 Å². The molecule has 0 bridgehead atoms. The number of hydrogen-bond acceptors (Lipinski definition) is 5. The van der Waals surface area contributed by atoms with E-state index >= 15 is 0 Å². The van der Waals surface area contributed by atoms with Crippen molar-refractivity contribution in [3.63, 3.8) is 0 Å². The summed E-state index contributed by atoms with van der Waals surface area (Å²) in [6, 6.07) is 16.1. The van der Waals surface area contributed by atoms with E-state index < -0.39 is 4.92 Å². The molecule has 1 saturated heterocycles. The minimum absolute atomic E-state index is 0.0200. The molecule has 166 valence electrons. The number of rotatable bonds is 9. The maximum absolute atomic E-state index is 12.5. The number of carbonyl (C=O) groups is 1. The lowest BCUT2D eigenvalue weighted by Crippen LogP contribution is -2.39. The first-order valence-corrected chi connectivity index (χ1v) is 11.0. The molecular weight excluding hydrogens is 392 g/mol. The Morgan fingerprint density at radius 1 is 1.26 bits per heavy atom. The number of benzene rings is 2. The number of amides is 1. The summed E-state index contributed by atoms with van der Waals surface area (Å²) in [6.07, 6.45) is 1.46. The molecule has 2 unspecified atom stereocenters. The lowest BCUT2D eigenvalue weighted by atomic mass is 10.1. The third kappa shape index (κ3) is 5.68. The first kappa shape index (κ1) is 22.9. The molecule has 0 aromatic heterocycles. The van der Waals surface area contributed by atoms with Gasteiger partial charge in [0, 0.05) is 44.2 Å². The van der Waals surface area contributed by atoms with Gasteiger partial charge in [-0.25, -0.2) is 0 Å². The number of likely N-dealkylation sites (tertiary alicyclic amines) is 1. The summed E-state index contributed by atoms with van der Waals surface area (Å²) in [6.45, 7) is 9.66. The molecule has 1 aliphatic rings. The molecule has 1 heterocycles. The Bertz CT molecular complexity index is 903. The van der Waals surface area contributed by atoms with E-state index in [9.17, 15) is 14.9 Å². The second-order valence-corrected chi connectivity index (χ2v) is 8.16. The van der Waals surface area contributed by atoms with E-state index in [1.807, 2.05) is 6.07 Å². The summed E-state index contributed by atoms with van der Waals surface area (Å²) in [5, 5.41) is 14.0. The molecule has 2 aromatic carbocycles. The van der Waals surface area contributed by atoms with Crippen LogP contribution in [0.3, 0.4) is 0 Å². The number of carbonyl (C=O) groups excluding carboxylic acids is 1. The SMILES string of the molecule is CCN(CCC(=O)Nc1cccc([N+](=O)[O-])c1C)C1CCN(C(C)c2ccccc2)C1. The van der Waals surface area contributed by atoms with E-state index in [1.54, 1.807) is 19.1 Å². The molecule has 7 heteroatoms. The van der Waals surface area contributed by atoms with E-state index in [0.717, 1.165) is 26.1 Å². The Hall–Kier alpha value is -2.77. The van der Waals surface area contributed by atoms with Gasteiger partial charge in [0.2, 0.25) is 5.91 Å². The van der Waals surface area contributed by atoms with Crippen molar-refractivity contribution in [2.24, 2.45) is 0 Å². The van der Waals surface area contributed by atoms with Crippen molar-refractivity contribution < 1.29 is 9.72 Å². The van der Waals surface area contributed by atoms with Gasteiger partial charge in [-0.2, -0.15) is 0 Å². The van der Waals surface area contributed by atoms with Crippen LogP contribution in [-0.4, -0.2) is 52.9 Å². The number of likely N-dealkylation sites (N-methyl/N-ethyl adjacent to an activating group) is 1. The van der Waals surface area contributed by atoms with Crippen LogP contribution in [0.15, 0.2) is 48.5 Å². The lowest BCUT2D eigenvalue weighted by molar-refractivity contribution is -0.385. The van der Waals surface area contributed by atoms with Crippen LogP contribution in [0.4, 0.5) is 11.4 Å². The smallest absolute Gasteiger partial charge is 0.274 e. The van der Waals surface area contributed by atoms with Gasteiger partial charge in [0.15, 0.2) is 0 Å². The Morgan fingerprint density at radius 3 is 2.68 bits per heavy atom. The summed E-state index contributed by atoms with van der Waals surface area (Å²) in [7, 11) is 0. The third-order valence-electron chi connectivity index (χ3n) is 6.35. The Balaban J connectivity index is 1.53. The molecule has 0 spiro atoms. The predicted octanol–water partition coefficient (Wildman–Crippen LogP) is 4.39. The molecule has 0 radical (unpaired) electrons. The molecule has 2 atom stereocenters. The van der Waals surface area contributed by atoms with Gasteiger partial charge < -0.3 is 5.32 Å². The van der Waals surface area contributed by atoms with E-state index in [0.29, 0.717) is 36.3 Å². The summed E-state index contributed by atoms with van der Waals surface area (Å²) >= 11 is 0. The fourth-order valence-electron chi connectivity index (χ4n) is 4.37. The van der Waals surface area contributed by atoms with Crippen molar-refractivity contribution in [2.75, 3.05) is 31.5 Å². The van der Waals surface area contributed by atoms with E-state index in [2.05, 4.69) is 53.2 Å². The number of anilines is 1. The highest BCUT2D eigenvalue weighted by atomic mass is 16.6. The molecule has 1 N–H and O–H groups in total. The lowest BCUT2D eigenvalue weighted by Gasteiger charge is -2.29.